The van der Waals surface area contributed by atoms with E-state index in [0.29, 0.717) is 10.0 Å². The van der Waals surface area contributed by atoms with Gasteiger partial charge in [-0.2, -0.15) is 0 Å². The average Bonchev–Trinajstić information content (AvgIpc) is 2.83. The van der Waals surface area contributed by atoms with Gasteiger partial charge in [-0.05, 0) is 36.6 Å². The zero-order valence-corrected chi connectivity index (χ0v) is 12.9. The van der Waals surface area contributed by atoms with Crippen LogP contribution in [0.5, 0.6) is 0 Å². The molecule has 0 saturated heterocycles. The van der Waals surface area contributed by atoms with Crippen LogP contribution in [0.15, 0.2) is 40.6 Å². The highest BCUT2D eigenvalue weighted by Crippen LogP contribution is 2.42. The van der Waals surface area contributed by atoms with Crippen molar-refractivity contribution in [2.24, 2.45) is 5.73 Å². The van der Waals surface area contributed by atoms with E-state index >= 15 is 0 Å². The Morgan fingerprint density at radius 2 is 2.06 bits per heavy atom. The van der Waals surface area contributed by atoms with Crippen LogP contribution in [-0.2, 0) is 0 Å². The van der Waals surface area contributed by atoms with Gasteiger partial charge in [0, 0.05) is 20.8 Å². The molecule has 2 rings (SSSR count). The van der Waals surface area contributed by atoms with E-state index in [1.54, 1.807) is 29.2 Å². The molecule has 0 aliphatic heterocycles. The predicted molar refractivity (Wildman–Crippen MR) is 83.0 cm³/mol. The Morgan fingerprint density at radius 3 is 2.67 bits per heavy atom. The number of hydrogen-bond acceptors (Lipinski definition) is 3. The minimum atomic E-state index is 0.0451. The molecule has 0 amide bonds. The van der Waals surface area contributed by atoms with E-state index in [4.69, 9.17) is 28.9 Å². The third-order valence-corrected chi connectivity index (χ3v) is 5.76. The van der Waals surface area contributed by atoms with E-state index in [9.17, 15) is 0 Å². The average molecular weight is 318 g/mol. The molecule has 1 heterocycles. The first-order valence-electron chi connectivity index (χ1n) is 5.48. The van der Waals surface area contributed by atoms with Crippen LogP contribution in [-0.4, -0.2) is 6.04 Å². The summed E-state index contributed by atoms with van der Waals surface area (Å²) in [5, 5.41) is 3.66. The third kappa shape index (κ3) is 3.43. The third-order valence-electron chi connectivity index (χ3n) is 2.45. The van der Waals surface area contributed by atoms with Crippen molar-refractivity contribution in [3.8, 4) is 0 Å². The summed E-state index contributed by atoms with van der Waals surface area (Å²) in [5.74, 6) is 0. The first-order valence-corrected chi connectivity index (χ1v) is 8.00. The van der Waals surface area contributed by atoms with Crippen LogP contribution < -0.4 is 5.73 Å². The molecule has 1 nitrogen and oxygen atoms in total. The molecule has 0 spiro atoms. The number of halogens is 2. The van der Waals surface area contributed by atoms with Crippen LogP contribution in [0.4, 0.5) is 0 Å². The molecule has 0 bridgehead atoms. The first-order chi connectivity index (χ1) is 8.58. The van der Waals surface area contributed by atoms with E-state index in [2.05, 4.69) is 11.4 Å². The van der Waals surface area contributed by atoms with Gasteiger partial charge in [-0.1, -0.05) is 29.3 Å². The fourth-order valence-electron chi connectivity index (χ4n) is 1.58. The van der Waals surface area contributed by atoms with Gasteiger partial charge in [-0.25, -0.2) is 0 Å². The Morgan fingerprint density at radius 1 is 1.28 bits per heavy atom. The lowest BCUT2D eigenvalue weighted by Crippen LogP contribution is -2.21. The van der Waals surface area contributed by atoms with Crippen molar-refractivity contribution in [1.29, 1.82) is 0 Å². The second-order valence-corrected chi connectivity index (χ2v) is 6.99. The molecule has 2 atom stereocenters. The van der Waals surface area contributed by atoms with E-state index < -0.39 is 0 Å². The Labute approximate surface area is 125 Å². The molecule has 18 heavy (non-hydrogen) atoms. The maximum absolute atomic E-state index is 6.19. The van der Waals surface area contributed by atoms with Gasteiger partial charge in [0.2, 0.25) is 0 Å². The van der Waals surface area contributed by atoms with Gasteiger partial charge in [0.25, 0.3) is 0 Å². The fraction of sp³-hybridized carbons (Fsp3) is 0.231. The molecule has 5 heteroatoms. The second kappa shape index (κ2) is 6.31. The molecule has 0 fully saturated rings. The van der Waals surface area contributed by atoms with Gasteiger partial charge in [0.15, 0.2) is 0 Å². The number of thioether (sulfide) groups is 1. The highest BCUT2D eigenvalue weighted by Gasteiger charge is 2.20. The lowest BCUT2D eigenvalue weighted by Gasteiger charge is -2.19. The Bertz CT molecular complexity index is 512. The Kier molecular flexibility index (Phi) is 4.98. The summed E-state index contributed by atoms with van der Waals surface area (Å²) < 4.78 is 0. The van der Waals surface area contributed by atoms with Crippen LogP contribution in [0, 0.1) is 0 Å². The topological polar surface area (TPSA) is 26.0 Å². The maximum Gasteiger partial charge on any atom is 0.0587 e. The van der Waals surface area contributed by atoms with Gasteiger partial charge in [-0.15, -0.1) is 23.1 Å². The summed E-state index contributed by atoms with van der Waals surface area (Å²) in [5.41, 5.74) is 6.07. The smallest absolute Gasteiger partial charge is 0.0587 e. The summed E-state index contributed by atoms with van der Waals surface area (Å²) in [6.07, 6.45) is 0. The molecule has 96 valence electrons. The number of benzene rings is 1. The summed E-state index contributed by atoms with van der Waals surface area (Å²) in [6, 6.07) is 9.68. The quantitative estimate of drug-likeness (QED) is 0.781. The van der Waals surface area contributed by atoms with Crippen LogP contribution in [0.3, 0.4) is 0 Å². The molecule has 2 aromatic rings. The lowest BCUT2D eigenvalue weighted by molar-refractivity contribution is 0.730. The van der Waals surface area contributed by atoms with Crippen LogP contribution in [0.25, 0.3) is 0 Å². The van der Waals surface area contributed by atoms with Crippen molar-refractivity contribution >= 4 is 46.3 Å². The minimum absolute atomic E-state index is 0.0451. The number of nitrogens with two attached hydrogens (primary N) is 1. The van der Waals surface area contributed by atoms with Crippen LogP contribution in [0.1, 0.15) is 17.1 Å². The van der Waals surface area contributed by atoms with Crippen molar-refractivity contribution in [1.82, 2.24) is 0 Å². The van der Waals surface area contributed by atoms with Crippen molar-refractivity contribution < 1.29 is 0 Å². The molecular formula is C13H13Cl2NS2. The highest BCUT2D eigenvalue weighted by atomic mass is 35.5. The fourth-order valence-corrected chi connectivity index (χ4v) is 4.26. The number of rotatable bonds is 4. The van der Waals surface area contributed by atoms with Crippen LogP contribution >= 0.6 is 46.3 Å². The minimum Gasteiger partial charge on any atom is -0.327 e. The van der Waals surface area contributed by atoms with Crippen molar-refractivity contribution in [3.05, 3.63) is 50.6 Å². The summed E-state index contributed by atoms with van der Waals surface area (Å²) in [4.78, 5) is 2.23. The normalized spacial score (nSPS) is 14.4. The molecule has 0 aliphatic rings. The van der Waals surface area contributed by atoms with Gasteiger partial charge in [-0.3, -0.25) is 0 Å². The summed E-state index contributed by atoms with van der Waals surface area (Å²) >= 11 is 15.6. The van der Waals surface area contributed by atoms with Gasteiger partial charge in [0.05, 0.1) is 10.3 Å². The van der Waals surface area contributed by atoms with E-state index in [1.165, 1.54) is 4.88 Å². The molecule has 2 unspecified atom stereocenters. The monoisotopic (exact) mass is 317 g/mol. The SMILES string of the molecule is CC(N)C(Sc1cc(Cl)ccc1Cl)c1cccs1. The maximum atomic E-state index is 6.19. The first kappa shape index (κ1) is 14.2. The zero-order valence-electron chi connectivity index (χ0n) is 9.77. The zero-order chi connectivity index (χ0) is 13.1. The highest BCUT2D eigenvalue weighted by molar-refractivity contribution is 7.99. The standard InChI is InChI=1S/C13H13Cl2NS2/c1-8(16)13(11-3-2-6-17-11)18-12-7-9(14)4-5-10(12)15/h2-8,13H,16H2,1H3. The van der Waals surface area contributed by atoms with E-state index in [-0.39, 0.29) is 11.3 Å². The largest absolute Gasteiger partial charge is 0.327 e. The second-order valence-electron chi connectivity index (χ2n) is 3.99. The van der Waals surface area contributed by atoms with Gasteiger partial charge < -0.3 is 5.73 Å². The van der Waals surface area contributed by atoms with E-state index in [1.807, 2.05) is 25.1 Å². The van der Waals surface area contributed by atoms with Gasteiger partial charge in [0.1, 0.15) is 0 Å². The predicted octanol–water partition coefficient (Wildman–Crippen LogP) is 5.24. The lowest BCUT2D eigenvalue weighted by atomic mass is 10.2. The number of thiophene rings is 1. The summed E-state index contributed by atoms with van der Waals surface area (Å²) in [6.45, 7) is 2.01. The Hall–Kier alpha value is -0.190. The molecule has 0 saturated carbocycles. The van der Waals surface area contributed by atoms with E-state index in [0.717, 1.165) is 4.90 Å². The summed E-state index contributed by atoms with van der Waals surface area (Å²) in [7, 11) is 0. The van der Waals surface area contributed by atoms with Crippen LogP contribution in [0.2, 0.25) is 10.0 Å². The van der Waals surface area contributed by atoms with Crippen molar-refractivity contribution in [2.45, 2.75) is 23.1 Å². The molecule has 0 aliphatic carbocycles. The Balaban J connectivity index is 2.27. The number of hydrogen-bond donors (Lipinski definition) is 1. The van der Waals surface area contributed by atoms with Gasteiger partial charge >= 0.3 is 0 Å². The van der Waals surface area contributed by atoms with Crippen molar-refractivity contribution in [2.75, 3.05) is 0 Å². The molecule has 1 aromatic heterocycles. The molecular weight excluding hydrogens is 305 g/mol. The molecule has 1 aromatic carbocycles. The molecule has 0 radical (unpaired) electrons. The molecule has 2 N–H and O–H groups in total. The van der Waals surface area contributed by atoms with Crippen molar-refractivity contribution in [3.63, 3.8) is 0 Å².